The van der Waals surface area contributed by atoms with Gasteiger partial charge in [0, 0.05) is 6.21 Å². The molecule has 0 fully saturated rings. The molecule has 4 heteroatoms. The number of hydrogen-bond donors (Lipinski definition) is 0. The normalized spacial score (nSPS) is 11.7. The lowest BCUT2D eigenvalue weighted by atomic mass is 10.2. The van der Waals surface area contributed by atoms with E-state index in [-0.39, 0.29) is 0 Å². The highest BCUT2D eigenvalue weighted by molar-refractivity contribution is 9.10. The van der Waals surface area contributed by atoms with E-state index in [0.717, 1.165) is 34.3 Å². The lowest BCUT2D eigenvalue weighted by molar-refractivity contribution is 0.338. The van der Waals surface area contributed by atoms with Gasteiger partial charge < -0.3 is 4.74 Å². The third kappa shape index (κ3) is 10.2. The SMILES string of the molecule is C/C=C\C(=C/C)COc1nc(C)c(N=CCCCC)cc1Br.CCC. The molecule has 1 heterocycles. The van der Waals surface area contributed by atoms with Gasteiger partial charge in [0.2, 0.25) is 5.88 Å². The minimum atomic E-state index is 0.505. The minimum absolute atomic E-state index is 0.505. The van der Waals surface area contributed by atoms with Crippen LogP contribution in [0.25, 0.3) is 0 Å². The Balaban J connectivity index is 0.00000178. The van der Waals surface area contributed by atoms with Crippen LogP contribution in [0.4, 0.5) is 5.69 Å². The fraction of sp³-hybridized carbons (Fsp3) is 0.524. The summed E-state index contributed by atoms with van der Waals surface area (Å²) in [5.41, 5.74) is 2.88. The maximum atomic E-state index is 5.79. The van der Waals surface area contributed by atoms with Crippen LogP contribution in [0.2, 0.25) is 0 Å². The Kier molecular flexibility index (Phi) is 14.0. The zero-order valence-corrected chi connectivity index (χ0v) is 18.2. The van der Waals surface area contributed by atoms with Gasteiger partial charge in [0.1, 0.15) is 6.61 Å². The second kappa shape index (κ2) is 14.9. The maximum absolute atomic E-state index is 5.79. The van der Waals surface area contributed by atoms with E-state index < -0.39 is 0 Å². The Morgan fingerprint density at radius 1 is 1.28 bits per heavy atom. The van der Waals surface area contributed by atoms with Crippen LogP contribution in [0.15, 0.2) is 39.3 Å². The van der Waals surface area contributed by atoms with Crippen molar-refractivity contribution < 1.29 is 4.74 Å². The van der Waals surface area contributed by atoms with Gasteiger partial charge in [-0.2, -0.15) is 0 Å². The van der Waals surface area contributed by atoms with Crippen molar-refractivity contribution >= 4 is 27.8 Å². The van der Waals surface area contributed by atoms with Crippen molar-refractivity contribution in [2.45, 2.75) is 67.2 Å². The molecular weight excluding hydrogens is 376 g/mol. The summed E-state index contributed by atoms with van der Waals surface area (Å²) in [5, 5.41) is 0. The Morgan fingerprint density at radius 2 is 1.96 bits per heavy atom. The zero-order valence-electron chi connectivity index (χ0n) is 16.6. The third-order valence-electron chi connectivity index (χ3n) is 3.15. The van der Waals surface area contributed by atoms with Crippen molar-refractivity contribution in [2.24, 2.45) is 4.99 Å². The maximum Gasteiger partial charge on any atom is 0.228 e. The molecule has 0 amide bonds. The molecule has 25 heavy (non-hydrogen) atoms. The summed E-state index contributed by atoms with van der Waals surface area (Å²) >= 11 is 3.52. The van der Waals surface area contributed by atoms with Crippen molar-refractivity contribution in [1.82, 2.24) is 4.98 Å². The monoisotopic (exact) mass is 408 g/mol. The van der Waals surface area contributed by atoms with E-state index >= 15 is 0 Å². The molecule has 0 atom stereocenters. The lowest BCUT2D eigenvalue weighted by Gasteiger charge is -2.10. The number of nitrogens with zero attached hydrogens (tertiary/aromatic N) is 2. The molecular formula is C21H33BrN2O. The highest BCUT2D eigenvalue weighted by atomic mass is 79.9. The molecule has 0 radical (unpaired) electrons. The number of allylic oxidation sites excluding steroid dienone is 2. The summed E-state index contributed by atoms with van der Waals surface area (Å²) in [7, 11) is 0. The highest BCUT2D eigenvalue weighted by Crippen LogP contribution is 2.30. The number of halogens is 1. The molecule has 1 aromatic heterocycles. The number of ether oxygens (including phenoxy) is 1. The molecule has 0 aliphatic carbocycles. The first-order valence-electron chi connectivity index (χ1n) is 9.14. The van der Waals surface area contributed by atoms with Crippen molar-refractivity contribution in [2.75, 3.05) is 6.61 Å². The predicted molar refractivity (Wildman–Crippen MR) is 114 cm³/mol. The van der Waals surface area contributed by atoms with E-state index in [0.29, 0.717) is 12.5 Å². The van der Waals surface area contributed by atoms with Crippen LogP contribution in [0, 0.1) is 6.92 Å². The molecule has 0 N–H and O–H groups in total. The van der Waals surface area contributed by atoms with E-state index in [1.54, 1.807) is 0 Å². The fourth-order valence-electron chi connectivity index (χ4n) is 1.83. The molecule has 3 nitrogen and oxygen atoms in total. The summed E-state index contributed by atoms with van der Waals surface area (Å²) in [5.74, 6) is 0.605. The number of aromatic nitrogens is 1. The van der Waals surface area contributed by atoms with Crippen LogP contribution < -0.4 is 4.74 Å². The smallest absolute Gasteiger partial charge is 0.228 e. The van der Waals surface area contributed by atoms with Gasteiger partial charge in [0.05, 0.1) is 15.9 Å². The fourth-order valence-corrected chi connectivity index (χ4v) is 2.25. The van der Waals surface area contributed by atoms with E-state index in [1.807, 2.05) is 51.3 Å². The number of unbranched alkanes of at least 4 members (excludes halogenated alkanes) is 2. The van der Waals surface area contributed by atoms with E-state index in [2.05, 4.69) is 46.7 Å². The van der Waals surface area contributed by atoms with Crippen LogP contribution in [-0.4, -0.2) is 17.8 Å². The van der Waals surface area contributed by atoms with Gasteiger partial charge >= 0.3 is 0 Å². The Hall–Kier alpha value is -1.42. The number of rotatable bonds is 8. The minimum Gasteiger partial charge on any atom is -0.472 e. The average molecular weight is 409 g/mol. The topological polar surface area (TPSA) is 34.5 Å². The molecule has 1 aromatic rings. The second-order valence-corrected chi connectivity index (χ2v) is 6.55. The molecule has 0 aliphatic heterocycles. The number of hydrogen-bond acceptors (Lipinski definition) is 3. The van der Waals surface area contributed by atoms with Crippen molar-refractivity contribution in [3.63, 3.8) is 0 Å². The summed E-state index contributed by atoms with van der Waals surface area (Å²) in [6, 6.07) is 1.96. The number of pyridine rings is 1. The van der Waals surface area contributed by atoms with E-state index in [9.17, 15) is 0 Å². The Bertz CT molecular complexity index is 578. The summed E-state index contributed by atoms with van der Waals surface area (Å²) in [6.45, 7) is 12.9. The van der Waals surface area contributed by atoms with Gasteiger partial charge in [-0.25, -0.2) is 4.98 Å². The van der Waals surface area contributed by atoms with Crippen LogP contribution in [-0.2, 0) is 0 Å². The van der Waals surface area contributed by atoms with Crippen LogP contribution >= 0.6 is 15.9 Å². The van der Waals surface area contributed by atoms with Gasteiger partial charge in [0.25, 0.3) is 0 Å². The van der Waals surface area contributed by atoms with Crippen molar-refractivity contribution in [1.29, 1.82) is 0 Å². The van der Waals surface area contributed by atoms with E-state index in [1.165, 1.54) is 12.8 Å². The summed E-state index contributed by atoms with van der Waals surface area (Å²) in [6.07, 6.45) is 12.6. The first-order chi connectivity index (χ1) is 12.0. The first kappa shape index (κ1) is 23.6. The molecule has 0 aromatic carbocycles. The number of aliphatic imine (C=N–C) groups is 1. The molecule has 1 rings (SSSR count). The van der Waals surface area contributed by atoms with Gasteiger partial charge in [-0.05, 0) is 61.2 Å². The largest absolute Gasteiger partial charge is 0.472 e. The predicted octanol–water partition coefficient (Wildman–Crippen LogP) is 7.36. The van der Waals surface area contributed by atoms with Gasteiger partial charge in [-0.1, -0.05) is 51.8 Å². The van der Waals surface area contributed by atoms with Gasteiger partial charge in [-0.3, -0.25) is 4.99 Å². The van der Waals surface area contributed by atoms with Crippen LogP contribution in [0.3, 0.4) is 0 Å². The van der Waals surface area contributed by atoms with Crippen LogP contribution in [0.5, 0.6) is 5.88 Å². The molecule has 0 saturated heterocycles. The zero-order chi connectivity index (χ0) is 19.1. The van der Waals surface area contributed by atoms with E-state index in [4.69, 9.17) is 4.74 Å². The number of aryl methyl sites for hydroxylation is 1. The quantitative estimate of drug-likeness (QED) is 0.255. The lowest BCUT2D eigenvalue weighted by Crippen LogP contribution is -2.02. The summed E-state index contributed by atoms with van der Waals surface area (Å²) in [4.78, 5) is 8.99. The van der Waals surface area contributed by atoms with Gasteiger partial charge in [0.15, 0.2) is 0 Å². The Morgan fingerprint density at radius 3 is 2.52 bits per heavy atom. The highest BCUT2D eigenvalue weighted by Gasteiger charge is 2.08. The molecule has 0 aliphatic rings. The summed E-state index contributed by atoms with van der Waals surface area (Å²) < 4.78 is 6.62. The molecule has 0 saturated carbocycles. The molecule has 0 bridgehead atoms. The standard InChI is InChI=1S/C18H25BrN2O.C3H8/c1-5-8-9-11-20-17-12-16(19)18(21-14(17)4)22-13-15(7-3)10-6-2;1-3-2/h6-7,10-12H,5,8-9,13H2,1-4H3;3H2,1-2H3/b10-6-,15-7+,20-11?;. The molecule has 140 valence electrons. The van der Waals surface area contributed by atoms with Crippen LogP contribution in [0.1, 0.15) is 66.0 Å². The van der Waals surface area contributed by atoms with Gasteiger partial charge in [-0.15, -0.1) is 0 Å². The van der Waals surface area contributed by atoms with Crippen molar-refractivity contribution in [3.8, 4) is 5.88 Å². The average Bonchev–Trinajstić information content (AvgIpc) is 2.59. The third-order valence-corrected chi connectivity index (χ3v) is 3.72. The molecule has 0 spiro atoms. The molecule has 0 unspecified atom stereocenters. The first-order valence-corrected chi connectivity index (χ1v) is 9.93. The second-order valence-electron chi connectivity index (χ2n) is 5.69. The Labute approximate surface area is 162 Å². The van der Waals surface area contributed by atoms with Crippen molar-refractivity contribution in [3.05, 3.63) is 40.0 Å².